The lowest BCUT2D eigenvalue weighted by molar-refractivity contribution is 0.0374. The van der Waals surface area contributed by atoms with Crippen LogP contribution in [-0.4, -0.2) is 76.0 Å². The van der Waals surface area contributed by atoms with E-state index in [0.717, 1.165) is 52.1 Å². The number of nitrogens with one attached hydrogen (secondary N) is 1. The fourth-order valence-electron chi connectivity index (χ4n) is 3.58. The van der Waals surface area contributed by atoms with E-state index in [1.807, 2.05) is 0 Å². The Balaban J connectivity index is 1.48. The van der Waals surface area contributed by atoms with Gasteiger partial charge < -0.3 is 10.1 Å². The molecule has 0 atom stereocenters. The number of morpholine rings is 1. The van der Waals surface area contributed by atoms with Crippen molar-refractivity contribution in [1.29, 1.82) is 0 Å². The highest BCUT2D eigenvalue weighted by Crippen LogP contribution is 2.23. The predicted molar refractivity (Wildman–Crippen MR) is 108 cm³/mol. The van der Waals surface area contributed by atoms with Crippen LogP contribution < -0.4 is 5.32 Å². The molecule has 0 spiro atoms. The molecule has 2 fully saturated rings. The van der Waals surface area contributed by atoms with Gasteiger partial charge in [0, 0.05) is 38.3 Å². The maximum atomic E-state index is 12.7. The molecule has 0 aliphatic carbocycles. The third kappa shape index (κ3) is 5.53. The Morgan fingerprint density at radius 1 is 1.11 bits per heavy atom. The Hall–Kier alpha value is -1.48. The van der Waals surface area contributed by atoms with Gasteiger partial charge in [0.05, 0.1) is 18.1 Å². The Bertz CT molecular complexity index is 737. The number of rotatable bonds is 7. The quantitative estimate of drug-likeness (QED) is 0.692. The normalized spacial score (nSPS) is 20.2. The number of sulfonamides is 1. The van der Waals surface area contributed by atoms with Crippen molar-refractivity contribution in [3.05, 3.63) is 29.8 Å². The minimum atomic E-state index is -3.48. The summed E-state index contributed by atoms with van der Waals surface area (Å²) in [7, 11) is -3.48. The maximum absolute atomic E-state index is 12.7. The van der Waals surface area contributed by atoms with Crippen molar-refractivity contribution in [3.63, 3.8) is 0 Å². The van der Waals surface area contributed by atoms with Crippen LogP contribution >= 0.6 is 0 Å². The molecule has 156 valence electrons. The summed E-state index contributed by atoms with van der Waals surface area (Å²) in [4.78, 5) is 14.9. The summed E-state index contributed by atoms with van der Waals surface area (Å²) >= 11 is 0. The number of ether oxygens (including phenoxy) is 1. The lowest BCUT2D eigenvalue weighted by atomic mass is 10.0. The Morgan fingerprint density at radius 3 is 2.39 bits per heavy atom. The second-order valence-corrected chi connectivity index (χ2v) is 9.61. The Kier molecular flexibility index (Phi) is 7.45. The van der Waals surface area contributed by atoms with Crippen LogP contribution in [-0.2, 0) is 14.8 Å². The Morgan fingerprint density at radius 2 is 1.75 bits per heavy atom. The van der Waals surface area contributed by atoms with Gasteiger partial charge in [-0.2, -0.15) is 4.31 Å². The van der Waals surface area contributed by atoms with E-state index in [-0.39, 0.29) is 10.8 Å². The topological polar surface area (TPSA) is 79.0 Å². The summed E-state index contributed by atoms with van der Waals surface area (Å²) in [6.07, 6.45) is 2.67. The fourth-order valence-corrected chi connectivity index (χ4v) is 5.05. The highest BCUT2D eigenvalue weighted by atomic mass is 32.2. The number of piperidine rings is 1. The van der Waals surface area contributed by atoms with Crippen LogP contribution in [0.25, 0.3) is 0 Å². The molecular weight excluding hydrogens is 378 g/mol. The van der Waals surface area contributed by atoms with Crippen molar-refractivity contribution in [2.45, 2.75) is 31.1 Å². The third-order valence-corrected chi connectivity index (χ3v) is 7.45. The standard InChI is InChI=1S/C20H31N3O4S/c1-17-7-11-23(12-8-17)28(25,26)19-5-3-18(4-6-19)20(24)21-9-2-10-22-13-15-27-16-14-22/h3-6,17H,2,7-16H2,1H3,(H,21,24). The molecule has 1 aromatic carbocycles. The molecule has 0 unspecified atom stereocenters. The van der Waals surface area contributed by atoms with Crippen LogP contribution in [0.1, 0.15) is 36.5 Å². The molecule has 1 N–H and O–H groups in total. The summed E-state index contributed by atoms with van der Waals surface area (Å²) in [6, 6.07) is 6.26. The first kappa shape index (κ1) is 21.2. The van der Waals surface area contributed by atoms with Crippen LogP contribution in [0, 0.1) is 5.92 Å². The van der Waals surface area contributed by atoms with Crippen molar-refractivity contribution >= 4 is 15.9 Å². The van der Waals surface area contributed by atoms with Crippen LogP contribution in [0.2, 0.25) is 0 Å². The summed E-state index contributed by atoms with van der Waals surface area (Å²) < 4.78 is 32.4. The van der Waals surface area contributed by atoms with Gasteiger partial charge in [0.1, 0.15) is 0 Å². The van der Waals surface area contributed by atoms with E-state index in [2.05, 4.69) is 17.1 Å². The number of hydrogen-bond donors (Lipinski definition) is 1. The number of carbonyl (C=O) groups is 1. The molecule has 8 heteroatoms. The van der Waals surface area contributed by atoms with Gasteiger partial charge in [-0.05, 0) is 56.0 Å². The number of hydrogen-bond acceptors (Lipinski definition) is 5. The Labute approximate surface area is 168 Å². The highest BCUT2D eigenvalue weighted by Gasteiger charge is 2.28. The zero-order valence-corrected chi connectivity index (χ0v) is 17.4. The molecule has 3 rings (SSSR count). The number of benzene rings is 1. The molecule has 1 amide bonds. The van der Waals surface area contributed by atoms with E-state index in [4.69, 9.17) is 4.74 Å². The summed E-state index contributed by atoms with van der Waals surface area (Å²) in [5, 5.41) is 2.91. The molecule has 2 heterocycles. The first-order valence-electron chi connectivity index (χ1n) is 10.2. The van der Waals surface area contributed by atoms with E-state index in [1.165, 1.54) is 12.1 Å². The first-order valence-corrected chi connectivity index (χ1v) is 11.6. The van der Waals surface area contributed by atoms with Crippen LogP contribution in [0.4, 0.5) is 0 Å². The molecule has 7 nitrogen and oxygen atoms in total. The van der Waals surface area contributed by atoms with Crippen molar-refractivity contribution in [2.24, 2.45) is 5.92 Å². The minimum Gasteiger partial charge on any atom is -0.379 e. The van der Waals surface area contributed by atoms with Crippen LogP contribution in [0.3, 0.4) is 0 Å². The van der Waals surface area contributed by atoms with Gasteiger partial charge in [-0.1, -0.05) is 6.92 Å². The highest BCUT2D eigenvalue weighted by molar-refractivity contribution is 7.89. The van der Waals surface area contributed by atoms with E-state index in [0.29, 0.717) is 31.1 Å². The third-order valence-electron chi connectivity index (χ3n) is 5.54. The number of amides is 1. The lowest BCUT2D eigenvalue weighted by Gasteiger charge is -2.29. The average Bonchev–Trinajstić information content (AvgIpc) is 2.72. The summed E-state index contributed by atoms with van der Waals surface area (Å²) in [6.45, 7) is 8.26. The molecule has 0 aromatic heterocycles. The van der Waals surface area contributed by atoms with Gasteiger partial charge in [-0.25, -0.2) is 8.42 Å². The second kappa shape index (κ2) is 9.82. The molecule has 2 aliphatic rings. The number of nitrogens with zero attached hydrogens (tertiary/aromatic N) is 2. The lowest BCUT2D eigenvalue weighted by Crippen LogP contribution is -2.38. The van der Waals surface area contributed by atoms with Crippen LogP contribution in [0.5, 0.6) is 0 Å². The van der Waals surface area contributed by atoms with Crippen molar-refractivity contribution in [1.82, 2.24) is 14.5 Å². The van der Waals surface area contributed by atoms with Gasteiger partial charge in [-0.15, -0.1) is 0 Å². The molecule has 28 heavy (non-hydrogen) atoms. The first-order chi connectivity index (χ1) is 13.5. The van der Waals surface area contributed by atoms with E-state index >= 15 is 0 Å². The molecule has 2 saturated heterocycles. The smallest absolute Gasteiger partial charge is 0.251 e. The van der Waals surface area contributed by atoms with Gasteiger partial charge in [0.2, 0.25) is 10.0 Å². The number of carbonyl (C=O) groups excluding carboxylic acids is 1. The van der Waals surface area contributed by atoms with Gasteiger partial charge in [0.15, 0.2) is 0 Å². The van der Waals surface area contributed by atoms with Gasteiger partial charge >= 0.3 is 0 Å². The zero-order valence-electron chi connectivity index (χ0n) is 16.6. The largest absolute Gasteiger partial charge is 0.379 e. The van der Waals surface area contributed by atoms with E-state index in [1.54, 1.807) is 16.4 Å². The molecule has 1 aromatic rings. The molecule has 2 aliphatic heterocycles. The summed E-state index contributed by atoms with van der Waals surface area (Å²) in [5.41, 5.74) is 0.484. The van der Waals surface area contributed by atoms with E-state index in [9.17, 15) is 13.2 Å². The van der Waals surface area contributed by atoms with Crippen molar-refractivity contribution < 1.29 is 17.9 Å². The van der Waals surface area contributed by atoms with Gasteiger partial charge in [-0.3, -0.25) is 9.69 Å². The second-order valence-electron chi connectivity index (χ2n) is 7.67. The summed E-state index contributed by atoms with van der Waals surface area (Å²) in [5.74, 6) is 0.401. The molecule has 0 saturated carbocycles. The van der Waals surface area contributed by atoms with Crippen LogP contribution in [0.15, 0.2) is 29.2 Å². The predicted octanol–water partition coefficient (Wildman–Crippen LogP) is 1.56. The van der Waals surface area contributed by atoms with E-state index < -0.39 is 10.0 Å². The molecular formula is C20H31N3O4S. The minimum absolute atomic E-state index is 0.169. The van der Waals surface area contributed by atoms with Gasteiger partial charge in [0.25, 0.3) is 5.91 Å². The molecule has 0 radical (unpaired) electrons. The SMILES string of the molecule is CC1CCN(S(=O)(=O)c2ccc(C(=O)NCCCN3CCOCC3)cc2)CC1. The van der Waals surface area contributed by atoms with Crippen molar-refractivity contribution in [2.75, 3.05) is 52.5 Å². The maximum Gasteiger partial charge on any atom is 0.251 e. The fraction of sp³-hybridized carbons (Fsp3) is 0.650. The van der Waals surface area contributed by atoms with Crippen molar-refractivity contribution in [3.8, 4) is 0 Å². The zero-order chi connectivity index (χ0) is 20.0. The monoisotopic (exact) mass is 409 g/mol. The molecule has 0 bridgehead atoms. The average molecular weight is 410 g/mol.